The first kappa shape index (κ1) is 35.0. The number of aryl methyl sites for hydroxylation is 7. The minimum absolute atomic E-state index is 0.946. The minimum atomic E-state index is -1.01. The van der Waals surface area contributed by atoms with Gasteiger partial charge in [-0.2, -0.15) is 0 Å². The Bertz CT molecular complexity index is 2550. The average molecular weight is 719 g/mol. The molecule has 0 heterocycles. The van der Waals surface area contributed by atoms with E-state index in [4.69, 9.17) is 0 Å². The summed E-state index contributed by atoms with van der Waals surface area (Å²) in [5, 5.41) is 13.2. The summed E-state index contributed by atoms with van der Waals surface area (Å²) in [7, 11) is -1.95. The Morgan fingerprint density at radius 1 is 0.377 bits per heavy atom. The van der Waals surface area contributed by atoms with Crippen molar-refractivity contribution in [1.82, 2.24) is 0 Å². The summed E-state index contributed by atoms with van der Waals surface area (Å²) < 4.78 is 0. The molecule has 0 bridgehead atoms. The number of hydrogen-bond donors (Lipinski definition) is 0. The van der Waals surface area contributed by atoms with E-state index in [1.165, 1.54) is 103 Å². The Balaban J connectivity index is 1.55. The van der Waals surface area contributed by atoms with Gasteiger partial charge in [0.2, 0.25) is 0 Å². The molecule has 1 unspecified atom stereocenters. The van der Waals surface area contributed by atoms with Crippen LogP contribution in [0.25, 0.3) is 32.7 Å². The third-order valence-electron chi connectivity index (χ3n) is 10.0. The molecule has 0 aliphatic carbocycles. The highest BCUT2D eigenvalue weighted by molar-refractivity contribution is 7.80. The summed E-state index contributed by atoms with van der Waals surface area (Å²) >= 11 is 0. The molecule has 0 fully saturated rings. The second kappa shape index (κ2) is 14.4. The second-order valence-electron chi connectivity index (χ2n) is 14.8. The van der Waals surface area contributed by atoms with Crippen LogP contribution in [0.4, 0.5) is 0 Å². The number of hydrogen-bond acceptors (Lipinski definition) is 0. The molecule has 0 spiro atoms. The van der Waals surface area contributed by atoms with Gasteiger partial charge in [-0.15, -0.1) is 0 Å². The van der Waals surface area contributed by atoms with E-state index >= 15 is 0 Å². The zero-order valence-corrected chi connectivity index (χ0v) is 33.5. The van der Waals surface area contributed by atoms with Crippen LogP contribution in [0.3, 0.4) is 0 Å². The zero-order chi connectivity index (χ0) is 36.8. The van der Waals surface area contributed by atoms with Crippen LogP contribution in [0.15, 0.2) is 140 Å². The van der Waals surface area contributed by atoms with Crippen LogP contribution in [0.5, 0.6) is 0 Å². The third-order valence-corrected chi connectivity index (χ3v) is 14.8. The summed E-state index contributed by atoms with van der Waals surface area (Å²) in [6.07, 6.45) is 0. The van der Waals surface area contributed by atoms with Gasteiger partial charge in [0.05, 0.1) is 0 Å². The van der Waals surface area contributed by atoms with Crippen molar-refractivity contribution >= 4 is 69.2 Å². The Morgan fingerprint density at radius 2 is 0.774 bits per heavy atom. The average Bonchev–Trinajstić information content (AvgIpc) is 3.11. The fraction of sp³-hybridized carbons (Fsp3) is 0.137. The Kier molecular flexibility index (Phi) is 9.52. The molecule has 8 aromatic carbocycles. The molecule has 0 aliphatic rings. The molecule has 53 heavy (non-hydrogen) atoms. The highest BCUT2D eigenvalue weighted by atomic mass is 31.1. The highest BCUT2D eigenvalue weighted by Crippen LogP contribution is 2.46. The van der Waals surface area contributed by atoms with Crippen LogP contribution in [0.1, 0.15) is 38.9 Å². The standard InChI is InChI=1S/C51H44P2/c1-33-13-12-16-42(26-33)52(43-27-34(2)23-35(3)28-43)48-21-19-40-14-8-10-17-46(40)50(48)51-47-18-11-9-15-41(47)20-22-49(51)53(44-29-36(4)24-37(5)30-44)45-31-38(6)25-39(7)32-45/h8-11,13-15,17-32H,1-7H3. The first-order chi connectivity index (χ1) is 25.6. The van der Waals surface area contributed by atoms with Crippen molar-refractivity contribution in [3.8, 4) is 11.1 Å². The molecule has 0 amide bonds. The van der Waals surface area contributed by atoms with Crippen molar-refractivity contribution in [3.63, 3.8) is 0 Å². The molecule has 0 nitrogen and oxygen atoms in total. The van der Waals surface area contributed by atoms with Crippen molar-refractivity contribution in [2.24, 2.45) is 0 Å². The first-order valence-corrected chi connectivity index (χ1v) is 21.1. The number of benzene rings is 7. The molecule has 0 aromatic heterocycles. The van der Waals surface area contributed by atoms with Crippen LogP contribution < -0.4 is 31.8 Å². The van der Waals surface area contributed by atoms with E-state index in [0.717, 1.165) is 0 Å². The van der Waals surface area contributed by atoms with Crippen molar-refractivity contribution in [3.05, 3.63) is 191 Å². The van der Waals surface area contributed by atoms with Gasteiger partial charge in [0.1, 0.15) is 0 Å². The predicted octanol–water partition coefficient (Wildman–Crippen LogP) is 10.9. The quantitative estimate of drug-likeness (QED) is 0.144. The lowest BCUT2D eigenvalue weighted by molar-refractivity contribution is 1.40. The van der Waals surface area contributed by atoms with Crippen LogP contribution >= 0.6 is 15.8 Å². The molecule has 2 heteroatoms. The Morgan fingerprint density at radius 3 is 1.21 bits per heavy atom. The van der Waals surface area contributed by atoms with Gasteiger partial charge in [-0.1, -0.05) is 173 Å². The van der Waals surface area contributed by atoms with Gasteiger partial charge < -0.3 is 0 Å². The normalized spacial score (nSPS) is 12.0. The molecule has 0 saturated carbocycles. The SMILES string of the molecule is Cc1cc#cc(P(c2cc(C)cc(C)c2)c2ccc3ccccc3c2-c2c(P(c3cc(C)cc(C)c3)c3cc(C)cc(C)c3)ccc3ccccc23)c1. The molecule has 8 aromatic rings. The summed E-state index contributed by atoms with van der Waals surface area (Å²) in [5.41, 5.74) is 11.6. The van der Waals surface area contributed by atoms with E-state index in [-0.39, 0.29) is 0 Å². The molecule has 1 atom stereocenters. The topological polar surface area (TPSA) is 0 Å². The number of rotatable bonds is 7. The van der Waals surface area contributed by atoms with E-state index in [0.29, 0.717) is 0 Å². The maximum atomic E-state index is 3.63. The van der Waals surface area contributed by atoms with Crippen molar-refractivity contribution in [1.29, 1.82) is 0 Å². The molecule has 0 radical (unpaired) electrons. The van der Waals surface area contributed by atoms with Crippen LogP contribution in [0.2, 0.25) is 0 Å². The molecule has 0 aliphatic heterocycles. The second-order valence-corrected chi connectivity index (χ2v) is 19.1. The van der Waals surface area contributed by atoms with Gasteiger partial charge in [-0.05, 0) is 141 Å². The van der Waals surface area contributed by atoms with Gasteiger partial charge in [0.15, 0.2) is 0 Å². The van der Waals surface area contributed by atoms with E-state index in [1.54, 1.807) is 0 Å². The Labute approximate surface area is 318 Å². The maximum Gasteiger partial charge on any atom is 0.0351 e. The smallest absolute Gasteiger partial charge is 0.0351 e. The molecular weight excluding hydrogens is 675 g/mol. The van der Waals surface area contributed by atoms with Crippen LogP contribution in [-0.4, -0.2) is 0 Å². The van der Waals surface area contributed by atoms with Gasteiger partial charge in [-0.25, -0.2) is 0 Å². The molecule has 0 saturated heterocycles. The molecule has 8 rings (SSSR count). The van der Waals surface area contributed by atoms with Gasteiger partial charge >= 0.3 is 0 Å². The van der Waals surface area contributed by atoms with Gasteiger partial charge in [-0.3, -0.25) is 0 Å². The van der Waals surface area contributed by atoms with Gasteiger partial charge in [0, 0.05) is 5.30 Å². The minimum Gasteiger partial charge on any atom is -0.0693 e. The lowest BCUT2D eigenvalue weighted by Crippen LogP contribution is -2.27. The van der Waals surface area contributed by atoms with E-state index in [1.807, 2.05) is 6.07 Å². The van der Waals surface area contributed by atoms with Gasteiger partial charge in [0.25, 0.3) is 0 Å². The third kappa shape index (κ3) is 6.94. The largest absolute Gasteiger partial charge is 0.0693 e. The summed E-state index contributed by atoms with van der Waals surface area (Å²) in [6.45, 7) is 15.6. The molecule has 0 N–H and O–H groups in total. The fourth-order valence-corrected chi connectivity index (χ4v) is 13.7. The highest BCUT2D eigenvalue weighted by Gasteiger charge is 2.29. The number of fused-ring (bicyclic) bond motifs is 2. The maximum absolute atomic E-state index is 3.63. The molecule has 258 valence electrons. The monoisotopic (exact) mass is 718 g/mol. The summed E-state index contributed by atoms with van der Waals surface area (Å²) in [5.74, 6) is 0. The van der Waals surface area contributed by atoms with Crippen molar-refractivity contribution < 1.29 is 0 Å². The van der Waals surface area contributed by atoms with E-state index in [2.05, 4.69) is 194 Å². The molecular formula is C51H44P2. The van der Waals surface area contributed by atoms with Crippen molar-refractivity contribution in [2.45, 2.75) is 48.5 Å². The summed E-state index contributed by atoms with van der Waals surface area (Å²) in [6, 6.07) is 60.4. The van der Waals surface area contributed by atoms with Crippen molar-refractivity contribution in [2.75, 3.05) is 0 Å². The lowest BCUT2D eigenvalue weighted by Gasteiger charge is -2.29. The van der Waals surface area contributed by atoms with E-state index < -0.39 is 15.8 Å². The summed E-state index contributed by atoms with van der Waals surface area (Å²) in [4.78, 5) is 0. The first-order valence-electron chi connectivity index (χ1n) is 18.4. The fourth-order valence-electron chi connectivity index (χ4n) is 8.13. The zero-order valence-electron chi connectivity index (χ0n) is 31.7. The predicted molar refractivity (Wildman–Crippen MR) is 235 cm³/mol. The van der Waals surface area contributed by atoms with Crippen LogP contribution in [-0.2, 0) is 0 Å². The lowest BCUT2D eigenvalue weighted by atomic mass is 9.93. The van der Waals surface area contributed by atoms with E-state index in [9.17, 15) is 0 Å². The van der Waals surface area contributed by atoms with Crippen LogP contribution in [0, 0.1) is 60.6 Å². The Hall–Kier alpha value is -5.04.